The molecule has 3 aromatic carbocycles. The summed E-state index contributed by atoms with van der Waals surface area (Å²) < 4.78 is 21.9. The van der Waals surface area contributed by atoms with Crippen molar-refractivity contribution in [3.63, 3.8) is 0 Å². The summed E-state index contributed by atoms with van der Waals surface area (Å²) in [6.45, 7) is 4.52. The summed E-state index contributed by atoms with van der Waals surface area (Å²) in [7, 11) is 0. The fraction of sp³-hybridized carbons (Fsp3) is 0.400. The van der Waals surface area contributed by atoms with Crippen LogP contribution >= 0.6 is 0 Å². The molecule has 6 rings (SSSR count). The van der Waals surface area contributed by atoms with Gasteiger partial charge in [-0.25, -0.2) is 9.59 Å². The predicted octanol–water partition coefficient (Wildman–Crippen LogP) is 9.12. The van der Waals surface area contributed by atoms with Gasteiger partial charge >= 0.3 is 23.9 Å². The van der Waals surface area contributed by atoms with Crippen molar-refractivity contribution >= 4 is 23.9 Å². The smallest absolute Gasteiger partial charge is 0.339 e. The van der Waals surface area contributed by atoms with Crippen LogP contribution in [0.2, 0.25) is 0 Å². The van der Waals surface area contributed by atoms with Crippen molar-refractivity contribution in [3.8, 4) is 41.8 Å². The summed E-state index contributed by atoms with van der Waals surface area (Å²) in [5.74, 6) is 14.6. The van der Waals surface area contributed by atoms with E-state index in [9.17, 15) is 19.2 Å². The van der Waals surface area contributed by atoms with Gasteiger partial charge in [0.15, 0.2) is 5.60 Å². The first-order chi connectivity index (χ1) is 28.1. The molecular formula is C50H50O8. The molecular weight excluding hydrogens is 729 g/mol. The summed E-state index contributed by atoms with van der Waals surface area (Å²) in [5.41, 5.74) is 3.01. The normalized spacial score (nSPS) is 21.6. The zero-order chi connectivity index (χ0) is 40.9. The standard InChI is InChI=1S/C50H50O8/c1-4-36-10-12-37(13-11-36)14-15-38-16-18-39(19-17-38)28-31-50(32-29-41(30-33-50)40-8-6-5-7-9-40)58-49(54)44-24-26-45(27-25-44)57-48(53)43-22-20-42(21-23-43)47(52)56-34-55-46(51)35(2)3/h1,10-13,16-19,24-27,40-43H,2,5-9,20-23,29-30,32-34H2,3H3. The van der Waals surface area contributed by atoms with Gasteiger partial charge in [0.05, 0.1) is 17.4 Å². The van der Waals surface area contributed by atoms with Gasteiger partial charge in [-0.2, -0.15) is 0 Å². The summed E-state index contributed by atoms with van der Waals surface area (Å²) in [6.07, 6.45) is 17.0. The Labute approximate surface area is 342 Å². The van der Waals surface area contributed by atoms with E-state index >= 15 is 0 Å². The van der Waals surface area contributed by atoms with Gasteiger partial charge < -0.3 is 18.9 Å². The molecule has 3 aliphatic carbocycles. The van der Waals surface area contributed by atoms with Gasteiger partial charge in [-0.15, -0.1) is 6.42 Å². The highest BCUT2D eigenvalue weighted by molar-refractivity contribution is 5.90. The van der Waals surface area contributed by atoms with Crippen molar-refractivity contribution < 1.29 is 38.1 Å². The van der Waals surface area contributed by atoms with E-state index in [0.717, 1.165) is 41.0 Å². The molecule has 0 atom stereocenters. The number of esters is 4. The Morgan fingerprint density at radius 3 is 1.72 bits per heavy atom. The highest BCUT2D eigenvalue weighted by Gasteiger charge is 2.40. The highest BCUT2D eigenvalue weighted by Crippen LogP contribution is 2.43. The van der Waals surface area contributed by atoms with Gasteiger partial charge in [0.25, 0.3) is 0 Å². The van der Waals surface area contributed by atoms with E-state index in [1.54, 1.807) is 24.3 Å². The van der Waals surface area contributed by atoms with Crippen LogP contribution in [0, 0.1) is 59.7 Å². The minimum Gasteiger partial charge on any atom is -0.442 e. The molecule has 0 saturated heterocycles. The summed E-state index contributed by atoms with van der Waals surface area (Å²) in [5, 5.41) is 0. The minimum atomic E-state index is -0.920. The van der Waals surface area contributed by atoms with Crippen LogP contribution in [0.1, 0.15) is 123 Å². The van der Waals surface area contributed by atoms with Crippen LogP contribution in [0.3, 0.4) is 0 Å². The second-order valence-electron chi connectivity index (χ2n) is 15.7. The van der Waals surface area contributed by atoms with E-state index in [-0.39, 0.29) is 17.4 Å². The molecule has 3 fully saturated rings. The van der Waals surface area contributed by atoms with Crippen molar-refractivity contribution in [2.24, 2.45) is 23.7 Å². The largest absolute Gasteiger partial charge is 0.442 e. The van der Waals surface area contributed by atoms with E-state index in [0.29, 0.717) is 55.8 Å². The molecule has 0 unspecified atom stereocenters. The number of carbonyl (C=O) groups excluding carboxylic acids is 4. The molecule has 3 aliphatic rings. The Morgan fingerprint density at radius 2 is 1.17 bits per heavy atom. The fourth-order valence-corrected chi connectivity index (χ4v) is 8.09. The van der Waals surface area contributed by atoms with Crippen molar-refractivity contribution in [1.29, 1.82) is 0 Å². The van der Waals surface area contributed by atoms with E-state index < -0.39 is 36.3 Å². The van der Waals surface area contributed by atoms with Crippen molar-refractivity contribution in [3.05, 3.63) is 113 Å². The monoisotopic (exact) mass is 778 g/mol. The van der Waals surface area contributed by atoms with Gasteiger partial charge in [0, 0.05) is 27.8 Å². The second-order valence-corrected chi connectivity index (χ2v) is 15.7. The molecule has 8 heteroatoms. The SMILES string of the molecule is C#Cc1ccc(C#Cc2ccc(C#CC3(OC(=O)c4ccc(OC(=O)C5CCC(C(=O)OCOC(=O)C(=C)C)CC5)cc4)CCC(C4CCCCC4)CC3)cc2)cc1. The molecule has 0 aromatic heterocycles. The van der Waals surface area contributed by atoms with Crippen LogP contribution < -0.4 is 4.74 Å². The van der Waals surface area contributed by atoms with Crippen molar-refractivity contribution in [1.82, 2.24) is 0 Å². The Bertz CT molecular complexity index is 2110. The third-order valence-electron chi connectivity index (χ3n) is 11.6. The van der Waals surface area contributed by atoms with E-state index in [2.05, 4.69) is 36.2 Å². The van der Waals surface area contributed by atoms with Gasteiger partial charge in [0.2, 0.25) is 6.79 Å². The number of rotatable bonds is 9. The Hall–Kier alpha value is -6.04. The maximum Gasteiger partial charge on any atom is 0.339 e. The average molecular weight is 779 g/mol. The Kier molecular flexibility index (Phi) is 14.3. The van der Waals surface area contributed by atoms with Crippen LogP contribution in [0.4, 0.5) is 0 Å². The first-order valence-corrected chi connectivity index (χ1v) is 20.4. The lowest BCUT2D eigenvalue weighted by Gasteiger charge is -2.40. The van der Waals surface area contributed by atoms with Crippen LogP contribution in [0.15, 0.2) is 84.9 Å². The molecule has 0 spiro atoms. The number of hydrogen-bond donors (Lipinski definition) is 0. The molecule has 58 heavy (non-hydrogen) atoms. The van der Waals surface area contributed by atoms with Crippen molar-refractivity contribution in [2.75, 3.05) is 6.79 Å². The zero-order valence-electron chi connectivity index (χ0n) is 33.2. The molecule has 3 aromatic rings. The van der Waals surface area contributed by atoms with Gasteiger partial charge in [-0.05, 0) is 149 Å². The van der Waals surface area contributed by atoms with Crippen molar-refractivity contribution in [2.45, 2.75) is 96.0 Å². The zero-order valence-corrected chi connectivity index (χ0v) is 33.2. The topological polar surface area (TPSA) is 105 Å². The van der Waals surface area contributed by atoms with E-state index in [1.165, 1.54) is 39.0 Å². The molecule has 8 nitrogen and oxygen atoms in total. The molecule has 0 N–H and O–H groups in total. The average Bonchev–Trinajstić information content (AvgIpc) is 3.26. The number of benzene rings is 3. The third-order valence-corrected chi connectivity index (χ3v) is 11.6. The highest BCUT2D eigenvalue weighted by atomic mass is 16.7. The number of carbonyl (C=O) groups is 4. The first-order valence-electron chi connectivity index (χ1n) is 20.4. The Balaban J connectivity index is 1.05. The van der Waals surface area contributed by atoms with Gasteiger partial charge in [-0.3, -0.25) is 9.59 Å². The minimum absolute atomic E-state index is 0.215. The quantitative estimate of drug-likeness (QED) is 0.0697. The van der Waals surface area contributed by atoms with E-state index in [4.69, 9.17) is 25.4 Å². The number of terminal acetylenes is 1. The fourth-order valence-electron chi connectivity index (χ4n) is 8.09. The van der Waals surface area contributed by atoms with Crippen LogP contribution in [0.25, 0.3) is 0 Å². The molecule has 298 valence electrons. The maximum atomic E-state index is 13.7. The van der Waals surface area contributed by atoms with Crippen LogP contribution in [-0.4, -0.2) is 36.3 Å². The third kappa shape index (κ3) is 11.5. The summed E-state index contributed by atoms with van der Waals surface area (Å²) in [6, 6.07) is 21.7. The van der Waals surface area contributed by atoms with Gasteiger partial charge in [-0.1, -0.05) is 62.4 Å². The second kappa shape index (κ2) is 19.9. The molecule has 0 radical (unpaired) electrons. The summed E-state index contributed by atoms with van der Waals surface area (Å²) >= 11 is 0. The molecule has 0 amide bonds. The lowest BCUT2D eigenvalue weighted by atomic mass is 9.69. The lowest BCUT2D eigenvalue weighted by molar-refractivity contribution is -0.169. The predicted molar refractivity (Wildman–Crippen MR) is 220 cm³/mol. The molecule has 0 aliphatic heterocycles. The number of hydrogen-bond acceptors (Lipinski definition) is 8. The first kappa shape index (κ1) is 41.6. The molecule has 3 saturated carbocycles. The maximum absolute atomic E-state index is 13.7. The molecule has 0 heterocycles. The number of ether oxygens (including phenoxy) is 4. The van der Waals surface area contributed by atoms with Crippen LogP contribution in [-0.2, 0) is 28.6 Å². The molecule has 0 bridgehead atoms. The van der Waals surface area contributed by atoms with E-state index in [1.807, 2.05) is 48.5 Å². The lowest BCUT2D eigenvalue weighted by Crippen LogP contribution is -2.39. The summed E-state index contributed by atoms with van der Waals surface area (Å²) in [4.78, 5) is 50.6. The Morgan fingerprint density at radius 1 is 0.655 bits per heavy atom. The van der Waals surface area contributed by atoms with Crippen LogP contribution in [0.5, 0.6) is 5.75 Å². The van der Waals surface area contributed by atoms with Gasteiger partial charge in [0.1, 0.15) is 5.75 Å².